The summed E-state index contributed by atoms with van der Waals surface area (Å²) >= 11 is 1.14. The van der Waals surface area contributed by atoms with Crippen molar-refractivity contribution in [1.29, 1.82) is 0 Å². The molecule has 0 fully saturated rings. The maximum Gasteiger partial charge on any atom is 0.246 e. The van der Waals surface area contributed by atoms with E-state index in [9.17, 15) is 18.4 Å². The molecule has 0 radical (unpaired) electrons. The number of thioether (sulfide) groups is 1. The van der Waals surface area contributed by atoms with Crippen molar-refractivity contribution in [2.75, 3.05) is 0 Å². The first kappa shape index (κ1) is 19.7. The molecule has 0 aliphatic carbocycles. The van der Waals surface area contributed by atoms with Crippen molar-refractivity contribution in [1.82, 2.24) is 10.0 Å². The molecule has 2 aromatic rings. The molecule has 1 atom stereocenters. The Balaban J connectivity index is 1.87. The molecule has 1 aliphatic rings. The van der Waals surface area contributed by atoms with E-state index in [0.717, 1.165) is 16.8 Å². The van der Waals surface area contributed by atoms with Crippen molar-refractivity contribution in [3.8, 4) is 0 Å². The van der Waals surface area contributed by atoms with Crippen molar-refractivity contribution in [2.24, 2.45) is 10.2 Å². The van der Waals surface area contributed by atoms with Crippen molar-refractivity contribution in [2.45, 2.75) is 19.2 Å². The summed E-state index contributed by atoms with van der Waals surface area (Å²) in [6, 6.07) is 11.3. The van der Waals surface area contributed by atoms with E-state index in [1.807, 2.05) is 0 Å². The average molecular weight is 402 g/mol. The lowest BCUT2D eigenvalue weighted by atomic mass is 10.2. The minimum Gasteiger partial charge on any atom is -0.273 e. The van der Waals surface area contributed by atoms with Crippen molar-refractivity contribution in [3.05, 3.63) is 71.3 Å². The van der Waals surface area contributed by atoms with Crippen molar-refractivity contribution < 1.29 is 18.4 Å². The maximum absolute atomic E-state index is 13.2. The van der Waals surface area contributed by atoms with Crippen LogP contribution in [-0.4, -0.2) is 33.2 Å². The van der Waals surface area contributed by atoms with Gasteiger partial charge in [-0.2, -0.15) is 10.1 Å². The van der Waals surface area contributed by atoms with Crippen LogP contribution >= 0.6 is 11.8 Å². The molecular formula is C19H16F2N4O2S. The topological polar surface area (TPSA) is 65.3 Å². The average Bonchev–Trinajstić information content (AvgIpc) is 3.09. The first-order chi connectivity index (χ1) is 13.3. The van der Waals surface area contributed by atoms with E-state index in [-0.39, 0.29) is 16.9 Å². The lowest BCUT2D eigenvalue weighted by Gasteiger charge is -2.19. The normalized spacial score (nSPS) is 16.4. The summed E-state index contributed by atoms with van der Waals surface area (Å²) < 4.78 is 26.2. The molecule has 0 saturated carbocycles. The Morgan fingerprint density at radius 3 is 2.18 bits per heavy atom. The first-order valence-electron chi connectivity index (χ1n) is 8.26. The molecule has 9 heteroatoms. The van der Waals surface area contributed by atoms with Crippen LogP contribution in [0.2, 0.25) is 0 Å². The monoisotopic (exact) mass is 402 g/mol. The van der Waals surface area contributed by atoms with Gasteiger partial charge in [0.2, 0.25) is 17.0 Å². The third-order valence-corrected chi connectivity index (χ3v) is 4.94. The number of hydrogen-bond donors (Lipinski definition) is 0. The van der Waals surface area contributed by atoms with Crippen molar-refractivity contribution >= 4 is 35.0 Å². The van der Waals surface area contributed by atoms with Gasteiger partial charge in [0.15, 0.2) is 0 Å². The molecule has 1 heterocycles. The van der Waals surface area contributed by atoms with Gasteiger partial charge in [-0.3, -0.25) is 9.59 Å². The van der Waals surface area contributed by atoms with Gasteiger partial charge in [-0.1, -0.05) is 36.0 Å². The van der Waals surface area contributed by atoms with Gasteiger partial charge in [0.05, 0.1) is 6.21 Å². The summed E-state index contributed by atoms with van der Waals surface area (Å²) in [5.41, 5.74) is 1.25. The smallest absolute Gasteiger partial charge is 0.246 e. The molecule has 3 rings (SSSR count). The number of rotatable bonds is 3. The van der Waals surface area contributed by atoms with Crippen LogP contribution in [0.3, 0.4) is 0 Å². The number of hydrazone groups is 2. The van der Waals surface area contributed by atoms with E-state index >= 15 is 0 Å². The van der Waals surface area contributed by atoms with Crippen LogP contribution in [0.5, 0.6) is 0 Å². The van der Waals surface area contributed by atoms with Crippen LogP contribution in [0.1, 0.15) is 30.3 Å². The second kappa shape index (κ2) is 8.30. The third-order valence-electron chi connectivity index (χ3n) is 3.78. The first-order valence-corrected chi connectivity index (χ1v) is 9.14. The molecule has 0 bridgehead atoms. The molecule has 0 aromatic heterocycles. The molecule has 0 saturated heterocycles. The zero-order valence-electron chi connectivity index (χ0n) is 15.0. The summed E-state index contributed by atoms with van der Waals surface area (Å²) in [6.45, 7) is 2.66. The minimum atomic E-state index is -0.545. The zero-order valence-corrected chi connectivity index (χ0v) is 15.9. The van der Waals surface area contributed by atoms with Gasteiger partial charge in [-0.25, -0.2) is 13.8 Å². The lowest BCUT2D eigenvalue weighted by molar-refractivity contribution is -0.130. The number of amidine groups is 1. The molecule has 1 aliphatic heterocycles. The van der Waals surface area contributed by atoms with Gasteiger partial charge >= 0.3 is 0 Å². The Morgan fingerprint density at radius 2 is 1.64 bits per heavy atom. The van der Waals surface area contributed by atoms with Gasteiger partial charge in [-0.15, -0.1) is 5.10 Å². The van der Waals surface area contributed by atoms with E-state index in [1.165, 1.54) is 61.5 Å². The summed E-state index contributed by atoms with van der Waals surface area (Å²) in [6.07, 6.45) is 1.40. The molecule has 2 aromatic carbocycles. The van der Waals surface area contributed by atoms with E-state index in [4.69, 9.17) is 0 Å². The molecule has 28 heavy (non-hydrogen) atoms. The fourth-order valence-corrected chi connectivity index (χ4v) is 3.62. The van der Waals surface area contributed by atoms with Crippen LogP contribution in [0, 0.1) is 11.6 Å². The molecule has 0 unspecified atom stereocenters. The van der Waals surface area contributed by atoms with Gasteiger partial charge in [0, 0.05) is 13.8 Å². The lowest BCUT2D eigenvalue weighted by Crippen LogP contribution is -2.27. The number of carbonyl (C=O) groups is 2. The van der Waals surface area contributed by atoms with E-state index in [0.29, 0.717) is 11.1 Å². The number of benzene rings is 2. The predicted molar refractivity (Wildman–Crippen MR) is 103 cm³/mol. The largest absolute Gasteiger partial charge is 0.273 e. The van der Waals surface area contributed by atoms with Crippen LogP contribution in [0.25, 0.3) is 0 Å². The fourth-order valence-electron chi connectivity index (χ4n) is 2.42. The Hall–Kier alpha value is -3.07. The Labute approximate surface area is 164 Å². The van der Waals surface area contributed by atoms with E-state index in [2.05, 4.69) is 10.2 Å². The number of hydrogen-bond acceptors (Lipinski definition) is 5. The Kier molecular flexibility index (Phi) is 5.84. The number of halogens is 2. The molecule has 0 spiro atoms. The summed E-state index contributed by atoms with van der Waals surface area (Å²) in [4.78, 5) is 24.1. The molecular weight excluding hydrogens is 386 g/mol. The quantitative estimate of drug-likeness (QED) is 0.581. The minimum absolute atomic E-state index is 0.204. The predicted octanol–water partition coefficient (Wildman–Crippen LogP) is 3.71. The second-order valence-electron chi connectivity index (χ2n) is 5.89. The fraction of sp³-hybridized carbons (Fsp3) is 0.158. The number of carbonyl (C=O) groups excluding carboxylic acids is 2. The van der Waals surface area contributed by atoms with Gasteiger partial charge < -0.3 is 0 Å². The Bertz CT molecular complexity index is 945. The summed E-state index contributed by atoms with van der Waals surface area (Å²) in [5, 5.41) is 10.3. The van der Waals surface area contributed by atoms with Gasteiger partial charge in [-0.05, 0) is 35.4 Å². The number of nitrogens with zero attached hydrogens (tertiary/aromatic N) is 4. The maximum atomic E-state index is 13.2. The van der Waals surface area contributed by atoms with Gasteiger partial charge in [0.1, 0.15) is 17.0 Å². The Morgan fingerprint density at radius 1 is 1.07 bits per heavy atom. The zero-order chi connectivity index (χ0) is 20.3. The standard InChI is InChI=1S/C19H16F2N4O2S/c1-12(26)24-18(15-5-9-17(21)10-6-15)28-19(23-24)25(13(2)27)22-11-14-3-7-16(20)8-4-14/h3-11,18H,1-2H3/b22-11-/t18-/m1/s1. The number of amides is 2. The van der Waals surface area contributed by atoms with E-state index < -0.39 is 17.1 Å². The van der Waals surface area contributed by atoms with E-state index in [1.54, 1.807) is 12.1 Å². The molecule has 144 valence electrons. The summed E-state index contributed by atoms with van der Waals surface area (Å²) in [5.74, 6) is -1.51. The summed E-state index contributed by atoms with van der Waals surface area (Å²) in [7, 11) is 0. The van der Waals surface area contributed by atoms with Gasteiger partial charge in [0.25, 0.3) is 0 Å². The highest BCUT2D eigenvalue weighted by Crippen LogP contribution is 2.40. The van der Waals surface area contributed by atoms with Crippen molar-refractivity contribution in [3.63, 3.8) is 0 Å². The van der Waals surface area contributed by atoms with Crippen LogP contribution < -0.4 is 0 Å². The van der Waals surface area contributed by atoms with Crippen LogP contribution in [0.15, 0.2) is 58.7 Å². The molecule has 2 amide bonds. The highest BCUT2D eigenvalue weighted by atomic mass is 32.2. The molecule has 0 N–H and O–H groups in total. The highest BCUT2D eigenvalue weighted by molar-refractivity contribution is 8.14. The van der Waals surface area contributed by atoms with Crippen LogP contribution in [0.4, 0.5) is 8.78 Å². The second-order valence-corrected chi connectivity index (χ2v) is 6.94. The molecule has 6 nitrogen and oxygen atoms in total. The third kappa shape index (κ3) is 4.42. The van der Waals surface area contributed by atoms with Crippen LogP contribution in [-0.2, 0) is 9.59 Å². The SMILES string of the molecule is CC(=O)N(/N=C\c1ccc(F)cc1)C1=NN(C(C)=O)[C@@H](c2ccc(F)cc2)S1. The highest BCUT2D eigenvalue weighted by Gasteiger charge is 2.35.